The molecular weight excluding hydrogens is 312 g/mol. The number of pyridine rings is 1. The van der Waals surface area contributed by atoms with Crippen molar-refractivity contribution in [3.05, 3.63) is 69.1 Å². The first-order chi connectivity index (χ1) is 11.1. The minimum absolute atomic E-state index is 0.0466. The molecule has 1 aliphatic rings. The Morgan fingerprint density at radius 1 is 1.22 bits per heavy atom. The summed E-state index contributed by atoms with van der Waals surface area (Å²) in [6, 6.07) is 11.8. The number of aromatic nitrogens is 1. The maximum absolute atomic E-state index is 12.7. The predicted octanol–water partition coefficient (Wildman–Crippen LogP) is 3.44. The van der Waals surface area contributed by atoms with Crippen molar-refractivity contribution < 1.29 is 4.79 Å². The maximum Gasteiger partial charge on any atom is 0.266 e. The standard InChI is InChI=1S/C18H19ClN2O2/c19-16-10-15(11-20-17(16)22)18(23)21-9-5-4-8-14(12-21)13-6-2-1-3-7-13/h1-3,6-7,10-11,14H,4-5,8-9,12H2,(H,20,22). The molecule has 1 unspecified atom stereocenters. The lowest BCUT2D eigenvalue weighted by Gasteiger charge is -2.25. The van der Waals surface area contributed by atoms with Crippen LogP contribution in [0.3, 0.4) is 0 Å². The Hall–Kier alpha value is -2.07. The van der Waals surface area contributed by atoms with Crippen molar-refractivity contribution in [2.24, 2.45) is 0 Å². The summed E-state index contributed by atoms with van der Waals surface area (Å²) in [4.78, 5) is 28.5. The van der Waals surface area contributed by atoms with Crippen LogP contribution in [0.2, 0.25) is 5.02 Å². The second-order valence-corrected chi connectivity index (χ2v) is 6.33. The molecule has 4 nitrogen and oxygen atoms in total. The number of carbonyl (C=O) groups excluding carboxylic acids is 1. The van der Waals surface area contributed by atoms with Gasteiger partial charge in [0.1, 0.15) is 5.02 Å². The number of likely N-dealkylation sites (tertiary alicyclic amines) is 1. The van der Waals surface area contributed by atoms with Gasteiger partial charge in [-0.3, -0.25) is 9.59 Å². The summed E-state index contributed by atoms with van der Waals surface area (Å²) in [5.74, 6) is 0.270. The normalized spacial score (nSPS) is 18.5. The molecular formula is C18H19ClN2O2. The van der Waals surface area contributed by atoms with Crippen molar-refractivity contribution in [2.75, 3.05) is 13.1 Å². The number of aromatic amines is 1. The van der Waals surface area contributed by atoms with E-state index in [1.54, 1.807) is 0 Å². The number of carbonyl (C=O) groups is 1. The van der Waals surface area contributed by atoms with Crippen LogP contribution >= 0.6 is 11.6 Å². The van der Waals surface area contributed by atoms with Crippen molar-refractivity contribution in [2.45, 2.75) is 25.2 Å². The molecule has 3 rings (SSSR count). The quantitative estimate of drug-likeness (QED) is 0.917. The first kappa shape index (κ1) is 15.8. The Morgan fingerprint density at radius 2 is 2.00 bits per heavy atom. The number of rotatable bonds is 2. The minimum Gasteiger partial charge on any atom is -0.338 e. The molecule has 0 bridgehead atoms. The van der Waals surface area contributed by atoms with Crippen LogP contribution < -0.4 is 5.56 Å². The second kappa shape index (κ2) is 7.01. The van der Waals surface area contributed by atoms with Crippen LogP contribution in [0, 0.1) is 0 Å². The van der Waals surface area contributed by atoms with Gasteiger partial charge in [-0.05, 0) is 24.5 Å². The first-order valence-electron chi connectivity index (χ1n) is 7.87. The fourth-order valence-electron chi connectivity index (χ4n) is 3.09. The van der Waals surface area contributed by atoms with E-state index in [1.807, 2.05) is 23.1 Å². The topological polar surface area (TPSA) is 53.2 Å². The van der Waals surface area contributed by atoms with Crippen LogP contribution in [-0.4, -0.2) is 28.9 Å². The second-order valence-electron chi connectivity index (χ2n) is 5.92. The molecule has 1 atom stereocenters. The summed E-state index contributed by atoms with van der Waals surface area (Å²) >= 11 is 5.84. The van der Waals surface area contributed by atoms with Gasteiger partial charge in [-0.15, -0.1) is 0 Å². The van der Waals surface area contributed by atoms with Gasteiger partial charge in [-0.2, -0.15) is 0 Å². The third-order valence-electron chi connectivity index (χ3n) is 4.33. The van der Waals surface area contributed by atoms with Gasteiger partial charge < -0.3 is 9.88 Å². The fourth-order valence-corrected chi connectivity index (χ4v) is 3.26. The van der Waals surface area contributed by atoms with E-state index in [4.69, 9.17) is 11.6 Å². The summed E-state index contributed by atoms with van der Waals surface area (Å²) in [6.45, 7) is 1.43. The van der Waals surface area contributed by atoms with Crippen molar-refractivity contribution in [3.63, 3.8) is 0 Å². The molecule has 1 fully saturated rings. The van der Waals surface area contributed by atoms with E-state index in [2.05, 4.69) is 17.1 Å². The van der Waals surface area contributed by atoms with Gasteiger partial charge >= 0.3 is 0 Å². The Morgan fingerprint density at radius 3 is 2.74 bits per heavy atom. The molecule has 2 aromatic rings. The number of amides is 1. The van der Waals surface area contributed by atoms with Crippen LogP contribution in [0.25, 0.3) is 0 Å². The molecule has 1 aromatic carbocycles. The highest BCUT2D eigenvalue weighted by molar-refractivity contribution is 6.30. The average molecular weight is 331 g/mol. The highest BCUT2D eigenvalue weighted by Gasteiger charge is 2.24. The number of benzene rings is 1. The largest absolute Gasteiger partial charge is 0.338 e. The number of H-pyrrole nitrogens is 1. The molecule has 1 aromatic heterocycles. The highest BCUT2D eigenvalue weighted by atomic mass is 35.5. The van der Waals surface area contributed by atoms with Gasteiger partial charge in [0.25, 0.3) is 11.5 Å². The van der Waals surface area contributed by atoms with Gasteiger partial charge in [-0.1, -0.05) is 48.4 Å². The monoisotopic (exact) mass is 330 g/mol. The molecule has 1 amide bonds. The Labute approximate surface area is 140 Å². The average Bonchev–Trinajstić information content (AvgIpc) is 2.84. The summed E-state index contributed by atoms with van der Waals surface area (Å²) in [5.41, 5.74) is 1.33. The molecule has 2 heterocycles. The summed E-state index contributed by atoms with van der Waals surface area (Å²) < 4.78 is 0. The summed E-state index contributed by atoms with van der Waals surface area (Å²) in [6.07, 6.45) is 4.63. The van der Waals surface area contributed by atoms with E-state index < -0.39 is 0 Å². The molecule has 5 heteroatoms. The zero-order chi connectivity index (χ0) is 16.2. The lowest BCUT2D eigenvalue weighted by molar-refractivity contribution is 0.0754. The zero-order valence-electron chi connectivity index (χ0n) is 12.8. The molecule has 1 N–H and O–H groups in total. The highest BCUT2D eigenvalue weighted by Crippen LogP contribution is 2.27. The molecule has 120 valence electrons. The van der Waals surface area contributed by atoms with E-state index in [0.717, 1.165) is 25.8 Å². The van der Waals surface area contributed by atoms with Gasteiger partial charge in [0.05, 0.1) is 5.56 Å². The van der Waals surface area contributed by atoms with E-state index in [0.29, 0.717) is 18.0 Å². The molecule has 0 saturated carbocycles. The van der Waals surface area contributed by atoms with Crippen LogP contribution in [-0.2, 0) is 0 Å². The van der Waals surface area contributed by atoms with Crippen molar-refractivity contribution >= 4 is 17.5 Å². The summed E-state index contributed by atoms with van der Waals surface area (Å²) in [7, 11) is 0. The number of nitrogens with zero attached hydrogens (tertiary/aromatic N) is 1. The minimum atomic E-state index is -0.374. The zero-order valence-corrected chi connectivity index (χ0v) is 13.6. The first-order valence-corrected chi connectivity index (χ1v) is 8.25. The lowest BCUT2D eigenvalue weighted by atomic mass is 9.94. The van der Waals surface area contributed by atoms with Gasteiger partial charge in [0, 0.05) is 25.2 Å². The van der Waals surface area contributed by atoms with Crippen molar-refractivity contribution in [1.29, 1.82) is 0 Å². The summed E-state index contributed by atoms with van der Waals surface area (Å²) in [5, 5.41) is 0.0466. The molecule has 1 saturated heterocycles. The predicted molar refractivity (Wildman–Crippen MR) is 91.0 cm³/mol. The SMILES string of the molecule is O=C(c1c[nH]c(=O)c(Cl)c1)N1CCCCC(c2ccccc2)C1. The maximum atomic E-state index is 12.7. The van der Waals surface area contributed by atoms with Crippen LogP contribution in [0.5, 0.6) is 0 Å². The van der Waals surface area contributed by atoms with Crippen LogP contribution in [0.15, 0.2) is 47.4 Å². The van der Waals surface area contributed by atoms with Gasteiger partial charge in [0.15, 0.2) is 0 Å². The lowest BCUT2D eigenvalue weighted by Crippen LogP contribution is -2.34. The molecule has 0 spiro atoms. The van der Waals surface area contributed by atoms with E-state index >= 15 is 0 Å². The van der Waals surface area contributed by atoms with Crippen LogP contribution in [0.4, 0.5) is 0 Å². The van der Waals surface area contributed by atoms with E-state index in [1.165, 1.54) is 17.8 Å². The number of halogens is 1. The van der Waals surface area contributed by atoms with Crippen LogP contribution in [0.1, 0.15) is 41.1 Å². The van der Waals surface area contributed by atoms with Crippen molar-refractivity contribution in [3.8, 4) is 0 Å². The smallest absolute Gasteiger partial charge is 0.266 e. The van der Waals surface area contributed by atoms with E-state index in [-0.39, 0.29) is 16.5 Å². The van der Waals surface area contributed by atoms with E-state index in [9.17, 15) is 9.59 Å². The molecule has 1 aliphatic heterocycles. The van der Waals surface area contributed by atoms with Gasteiger partial charge in [-0.25, -0.2) is 0 Å². The molecule has 0 radical (unpaired) electrons. The fraction of sp³-hybridized carbons (Fsp3) is 0.333. The Bertz CT molecular complexity index is 742. The Balaban J connectivity index is 1.81. The Kier molecular flexibility index (Phi) is 4.82. The number of nitrogens with one attached hydrogen (secondary N) is 1. The molecule has 0 aliphatic carbocycles. The third kappa shape index (κ3) is 3.64. The molecule has 23 heavy (non-hydrogen) atoms. The van der Waals surface area contributed by atoms with Gasteiger partial charge in [0.2, 0.25) is 0 Å². The number of hydrogen-bond donors (Lipinski definition) is 1. The van der Waals surface area contributed by atoms with Crippen molar-refractivity contribution in [1.82, 2.24) is 9.88 Å². The third-order valence-corrected chi connectivity index (χ3v) is 4.62. The number of hydrogen-bond acceptors (Lipinski definition) is 2.